The highest BCUT2D eigenvalue weighted by Crippen LogP contribution is 2.18. The molecule has 0 saturated heterocycles. The number of aliphatic carboxylic acids is 1. The van der Waals surface area contributed by atoms with Gasteiger partial charge in [0.2, 0.25) is 0 Å². The summed E-state index contributed by atoms with van der Waals surface area (Å²) in [7, 11) is 0. The first kappa shape index (κ1) is 16.6. The Bertz CT molecular complexity index is 632. The third-order valence-electron chi connectivity index (χ3n) is 3.10. The molecule has 2 rings (SSSR count). The van der Waals surface area contributed by atoms with Gasteiger partial charge in [0.15, 0.2) is 5.82 Å². The standard InChI is InChI=1S/C16H18BrN3O2/c1-2-9-20(11-15(21)22)10-14-7-8-18-16(19-14)12-3-5-13(17)6-4-12/h3-8H,2,9-11H2,1H3,(H,21,22). The van der Waals surface area contributed by atoms with Crippen LogP contribution in [-0.4, -0.2) is 39.0 Å². The molecule has 5 nitrogen and oxygen atoms in total. The zero-order valence-corrected chi connectivity index (χ0v) is 14.0. The molecule has 1 aromatic carbocycles. The highest BCUT2D eigenvalue weighted by molar-refractivity contribution is 9.10. The Balaban J connectivity index is 2.16. The van der Waals surface area contributed by atoms with Crippen LogP contribution in [-0.2, 0) is 11.3 Å². The van der Waals surface area contributed by atoms with E-state index in [2.05, 4.69) is 25.9 Å². The smallest absolute Gasteiger partial charge is 0.317 e. The largest absolute Gasteiger partial charge is 0.480 e. The monoisotopic (exact) mass is 363 g/mol. The van der Waals surface area contributed by atoms with Crippen LogP contribution in [0.2, 0.25) is 0 Å². The average Bonchev–Trinajstić information content (AvgIpc) is 2.48. The lowest BCUT2D eigenvalue weighted by molar-refractivity contribution is -0.138. The van der Waals surface area contributed by atoms with Gasteiger partial charge in [-0.2, -0.15) is 0 Å². The van der Waals surface area contributed by atoms with Gasteiger partial charge in [-0.15, -0.1) is 0 Å². The Kier molecular flexibility index (Phi) is 6.03. The normalized spacial score (nSPS) is 10.9. The third-order valence-corrected chi connectivity index (χ3v) is 3.63. The van der Waals surface area contributed by atoms with E-state index in [0.717, 1.165) is 28.7 Å². The lowest BCUT2D eigenvalue weighted by Crippen LogP contribution is -2.30. The van der Waals surface area contributed by atoms with Gasteiger partial charge in [0, 0.05) is 22.8 Å². The predicted octanol–water partition coefficient (Wildman–Crippen LogP) is 3.20. The zero-order valence-electron chi connectivity index (χ0n) is 12.4. The Morgan fingerprint density at radius 2 is 2.00 bits per heavy atom. The van der Waals surface area contributed by atoms with E-state index in [-0.39, 0.29) is 6.54 Å². The maximum Gasteiger partial charge on any atom is 0.317 e. The minimum atomic E-state index is -0.823. The van der Waals surface area contributed by atoms with Gasteiger partial charge in [0.1, 0.15) is 0 Å². The molecule has 0 atom stereocenters. The number of rotatable bonds is 7. The summed E-state index contributed by atoms with van der Waals surface area (Å²) < 4.78 is 1.00. The van der Waals surface area contributed by atoms with E-state index >= 15 is 0 Å². The predicted molar refractivity (Wildman–Crippen MR) is 88.4 cm³/mol. The second-order valence-corrected chi connectivity index (χ2v) is 5.90. The van der Waals surface area contributed by atoms with Crippen LogP contribution in [0.3, 0.4) is 0 Å². The van der Waals surface area contributed by atoms with Crippen molar-refractivity contribution in [3.63, 3.8) is 0 Å². The molecule has 0 aliphatic heterocycles. The van der Waals surface area contributed by atoms with E-state index in [1.807, 2.05) is 42.2 Å². The van der Waals surface area contributed by atoms with E-state index < -0.39 is 5.97 Å². The second kappa shape index (κ2) is 8.00. The van der Waals surface area contributed by atoms with Gasteiger partial charge in [0.05, 0.1) is 12.2 Å². The molecule has 6 heteroatoms. The molecule has 0 aliphatic rings. The first-order valence-corrected chi connectivity index (χ1v) is 7.90. The second-order valence-electron chi connectivity index (χ2n) is 4.98. The van der Waals surface area contributed by atoms with Gasteiger partial charge in [-0.3, -0.25) is 9.69 Å². The molecule has 1 N–H and O–H groups in total. The summed E-state index contributed by atoms with van der Waals surface area (Å²) in [5.74, 6) is -0.174. The number of nitrogens with zero attached hydrogens (tertiary/aromatic N) is 3. The number of hydrogen-bond donors (Lipinski definition) is 1. The summed E-state index contributed by atoms with van der Waals surface area (Å²) in [4.78, 5) is 21.6. The van der Waals surface area contributed by atoms with E-state index in [4.69, 9.17) is 5.11 Å². The first-order valence-electron chi connectivity index (χ1n) is 7.10. The van der Waals surface area contributed by atoms with Gasteiger partial charge < -0.3 is 5.11 Å². The Morgan fingerprint density at radius 3 is 2.64 bits per heavy atom. The maximum absolute atomic E-state index is 10.9. The summed E-state index contributed by atoms with van der Waals surface area (Å²) in [6.07, 6.45) is 2.61. The summed E-state index contributed by atoms with van der Waals surface area (Å²) in [6.45, 7) is 3.28. The number of carbonyl (C=O) groups is 1. The van der Waals surface area contributed by atoms with Crippen molar-refractivity contribution in [2.75, 3.05) is 13.1 Å². The number of carboxylic acids is 1. The molecule has 0 bridgehead atoms. The molecule has 0 amide bonds. The van der Waals surface area contributed by atoms with Crippen molar-refractivity contribution < 1.29 is 9.90 Å². The van der Waals surface area contributed by atoms with Crippen molar-refractivity contribution in [1.29, 1.82) is 0 Å². The fourth-order valence-corrected chi connectivity index (χ4v) is 2.44. The van der Waals surface area contributed by atoms with Crippen molar-refractivity contribution >= 4 is 21.9 Å². The van der Waals surface area contributed by atoms with Crippen LogP contribution in [0.25, 0.3) is 11.4 Å². The number of benzene rings is 1. The van der Waals surface area contributed by atoms with Crippen molar-refractivity contribution in [1.82, 2.24) is 14.9 Å². The quantitative estimate of drug-likeness (QED) is 0.817. The van der Waals surface area contributed by atoms with Gasteiger partial charge in [-0.05, 0) is 31.2 Å². The molecule has 0 aliphatic carbocycles. The van der Waals surface area contributed by atoms with E-state index in [0.29, 0.717) is 12.4 Å². The summed E-state index contributed by atoms with van der Waals surface area (Å²) in [5.41, 5.74) is 1.76. The van der Waals surface area contributed by atoms with Gasteiger partial charge in [-0.25, -0.2) is 9.97 Å². The van der Waals surface area contributed by atoms with Crippen molar-refractivity contribution in [2.45, 2.75) is 19.9 Å². The van der Waals surface area contributed by atoms with Crippen molar-refractivity contribution in [3.8, 4) is 11.4 Å². The van der Waals surface area contributed by atoms with Crippen LogP contribution in [0, 0.1) is 0 Å². The van der Waals surface area contributed by atoms with Crippen molar-refractivity contribution in [3.05, 3.63) is 46.7 Å². The third kappa shape index (κ3) is 4.89. The molecule has 1 aromatic heterocycles. The van der Waals surface area contributed by atoms with E-state index in [9.17, 15) is 4.79 Å². The van der Waals surface area contributed by atoms with E-state index in [1.54, 1.807) is 6.20 Å². The number of halogens is 1. The number of hydrogen-bond acceptors (Lipinski definition) is 4. The minimum absolute atomic E-state index is 0.0193. The number of aromatic nitrogens is 2. The molecule has 0 unspecified atom stereocenters. The van der Waals surface area contributed by atoms with Crippen LogP contribution in [0.4, 0.5) is 0 Å². The first-order chi connectivity index (χ1) is 10.6. The molecule has 116 valence electrons. The molecule has 0 fully saturated rings. The molecule has 0 spiro atoms. The minimum Gasteiger partial charge on any atom is -0.480 e. The Labute approximate surface area is 138 Å². The summed E-state index contributed by atoms with van der Waals surface area (Å²) >= 11 is 3.40. The molecule has 22 heavy (non-hydrogen) atoms. The SMILES string of the molecule is CCCN(CC(=O)O)Cc1ccnc(-c2ccc(Br)cc2)n1. The molecular formula is C16H18BrN3O2. The Morgan fingerprint density at radius 1 is 1.27 bits per heavy atom. The Hall–Kier alpha value is -1.79. The zero-order chi connectivity index (χ0) is 15.9. The molecular weight excluding hydrogens is 346 g/mol. The molecule has 2 aromatic rings. The lowest BCUT2D eigenvalue weighted by Gasteiger charge is -2.18. The summed E-state index contributed by atoms with van der Waals surface area (Å²) in [6, 6.07) is 9.61. The van der Waals surface area contributed by atoms with Crippen LogP contribution in [0.5, 0.6) is 0 Å². The van der Waals surface area contributed by atoms with Gasteiger partial charge >= 0.3 is 5.97 Å². The molecule has 1 heterocycles. The average molecular weight is 364 g/mol. The van der Waals surface area contributed by atoms with E-state index in [1.165, 1.54) is 0 Å². The van der Waals surface area contributed by atoms with Crippen LogP contribution >= 0.6 is 15.9 Å². The molecule has 0 radical (unpaired) electrons. The van der Waals surface area contributed by atoms with Crippen LogP contribution in [0.1, 0.15) is 19.0 Å². The van der Waals surface area contributed by atoms with Crippen LogP contribution in [0.15, 0.2) is 41.0 Å². The maximum atomic E-state index is 10.9. The lowest BCUT2D eigenvalue weighted by atomic mass is 10.2. The number of carboxylic acid groups (broad SMARTS) is 1. The fraction of sp³-hybridized carbons (Fsp3) is 0.312. The topological polar surface area (TPSA) is 66.3 Å². The van der Waals surface area contributed by atoms with Crippen LogP contribution < -0.4 is 0 Å². The van der Waals surface area contributed by atoms with Gasteiger partial charge in [0.25, 0.3) is 0 Å². The summed E-state index contributed by atoms with van der Waals surface area (Å²) in [5, 5.41) is 8.97. The van der Waals surface area contributed by atoms with Gasteiger partial charge in [-0.1, -0.05) is 35.0 Å². The fourth-order valence-electron chi connectivity index (χ4n) is 2.17. The molecule has 0 saturated carbocycles. The highest BCUT2D eigenvalue weighted by Gasteiger charge is 2.11. The highest BCUT2D eigenvalue weighted by atomic mass is 79.9. The van der Waals surface area contributed by atoms with Crippen molar-refractivity contribution in [2.24, 2.45) is 0 Å².